The van der Waals surface area contributed by atoms with Crippen LogP contribution in [0.5, 0.6) is 0 Å². The van der Waals surface area contributed by atoms with Gasteiger partial charge < -0.3 is 5.32 Å². The van der Waals surface area contributed by atoms with Crippen LogP contribution in [0.1, 0.15) is 23.9 Å². The molecule has 1 heterocycles. The predicted molar refractivity (Wildman–Crippen MR) is 80.4 cm³/mol. The van der Waals surface area contributed by atoms with Gasteiger partial charge in [0.2, 0.25) is 0 Å². The Labute approximate surface area is 123 Å². The smallest absolute Gasteiger partial charge is 0.102 e. The summed E-state index contributed by atoms with van der Waals surface area (Å²) >= 11 is 12.5. The first-order valence-electron chi connectivity index (χ1n) is 6.26. The number of aryl methyl sites for hydroxylation is 1. The third-order valence-corrected chi connectivity index (χ3v) is 3.75. The average Bonchev–Trinajstić information content (AvgIpc) is 2.63. The first-order chi connectivity index (χ1) is 9.06. The fourth-order valence-corrected chi connectivity index (χ4v) is 2.65. The second kappa shape index (κ2) is 5.95. The van der Waals surface area contributed by atoms with E-state index < -0.39 is 0 Å². The van der Waals surface area contributed by atoms with Gasteiger partial charge in [-0.2, -0.15) is 5.10 Å². The van der Waals surface area contributed by atoms with E-state index in [0.717, 1.165) is 30.2 Å². The van der Waals surface area contributed by atoms with Crippen LogP contribution in [0.3, 0.4) is 0 Å². The van der Waals surface area contributed by atoms with Crippen LogP contribution in [0.2, 0.25) is 10.0 Å². The number of nitrogens with one attached hydrogen (secondary N) is 1. The summed E-state index contributed by atoms with van der Waals surface area (Å²) in [4.78, 5) is 0. The van der Waals surface area contributed by atoms with Crippen molar-refractivity contribution in [2.45, 2.75) is 27.3 Å². The Morgan fingerprint density at radius 2 is 1.84 bits per heavy atom. The van der Waals surface area contributed by atoms with Crippen molar-refractivity contribution in [1.29, 1.82) is 0 Å². The quantitative estimate of drug-likeness (QED) is 0.927. The predicted octanol–water partition coefficient (Wildman–Crippen LogP) is 3.91. The molecule has 1 aromatic heterocycles. The minimum atomic E-state index is 0.605. The van der Waals surface area contributed by atoms with E-state index in [9.17, 15) is 0 Å². The molecule has 0 aliphatic rings. The van der Waals surface area contributed by atoms with Crippen LogP contribution in [-0.2, 0) is 6.54 Å². The number of para-hydroxylation sites is 1. The fraction of sp³-hybridized carbons (Fsp3) is 0.357. The number of hydrogen-bond acceptors (Lipinski definition) is 2. The third kappa shape index (κ3) is 2.78. The van der Waals surface area contributed by atoms with E-state index in [1.54, 1.807) is 0 Å². The molecule has 0 fully saturated rings. The lowest BCUT2D eigenvalue weighted by Gasteiger charge is -2.09. The molecule has 1 N–H and O–H groups in total. The van der Waals surface area contributed by atoms with E-state index >= 15 is 0 Å². The highest BCUT2D eigenvalue weighted by Crippen LogP contribution is 2.30. The minimum absolute atomic E-state index is 0.605. The number of nitrogens with zero attached hydrogens (tertiary/aromatic N) is 2. The molecule has 1 aromatic carbocycles. The Morgan fingerprint density at radius 1 is 1.21 bits per heavy atom. The summed E-state index contributed by atoms with van der Waals surface area (Å²) in [6.45, 7) is 7.85. The topological polar surface area (TPSA) is 29.9 Å². The maximum Gasteiger partial charge on any atom is 0.102 e. The van der Waals surface area contributed by atoms with Crippen LogP contribution in [0.25, 0.3) is 5.69 Å². The third-order valence-electron chi connectivity index (χ3n) is 3.14. The maximum absolute atomic E-state index is 6.24. The Bertz CT molecular complexity index is 570. The SMILES string of the molecule is CCNCc1c(C)nn(-c2c(Cl)cccc2Cl)c1C. The van der Waals surface area contributed by atoms with Gasteiger partial charge in [-0.05, 0) is 32.5 Å². The summed E-state index contributed by atoms with van der Waals surface area (Å²) in [6, 6.07) is 5.48. The molecule has 0 saturated carbocycles. The van der Waals surface area contributed by atoms with Crippen LogP contribution >= 0.6 is 23.2 Å². The number of rotatable bonds is 4. The highest BCUT2D eigenvalue weighted by Gasteiger charge is 2.16. The number of halogens is 2. The van der Waals surface area contributed by atoms with E-state index in [2.05, 4.69) is 17.3 Å². The van der Waals surface area contributed by atoms with Gasteiger partial charge in [-0.1, -0.05) is 36.2 Å². The number of aromatic nitrogens is 2. The zero-order valence-corrected chi connectivity index (χ0v) is 12.8. The van der Waals surface area contributed by atoms with E-state index in [0.29, 0.717) is 10.0 Å². The van der Waals surface area contributed by atoms with Gasteiger partial charge in [0.05, 0.1) is 15.7 Å². The molecule has 102 valence electrons. The summed E-state index contributed by atoms with van der Waals surface area (Å²) < 4.78 is 1.83. The molecule has 2 aromatic rings. The van der Waals surface area contributed by atoms with E-state index in [-0.39, 0.29) is 0 Å². The summed E-state index contributed by atoms with van der Waals surface area (Å²) in [7, 11) is 0. The molecule has 2 rings (SSSR count). The fourth-order valence-electron chi connectivity index (χ4n) is 2.09. The number of benzene rings is 1. The largest absolute Gasteiger partial charge is 0.313 e. The molecule has 0 saturated heterocycles. The Morgan fingerprint density at radius 3 is 2.42 bits per heavy atom. The first-order valence-corrected chi connectivity index (χ1v) is 7.02. The molecule has 0 bridgehead atoms. The molecule has 0 unspecified atom stereocenters. The second-order valence-electron chi connectivity index (χ2n) is 4.41. The lowest BCUT2D eigenvalue weighted by molar-refractivity contribution is 0.719. The zero-order valence-electron chi connectivity index (χ0n) is 11.3. The van der Waals surface area contributed by atoms with Gasteiger partial charge in [0.15, 0.2) is 0 Å². The van der Waals surface area contributed by atoms with Crippen LogP contribution in [0, 0.1) is 13.8 Å². The van der Waals surface area contributed by atoms with Gasteiger partial charge in [-0.15, -0.1) is 0 Å². The van der Waals surface area contributed by atoms with Crippen LogP contribution in [-0.4, -0.2) is 16.3 Å². The van der Waals surface area contributed by atoms with Crippen molar-refractivity contribution < 1.29 is 0 Å². The first kappa shape index (κ1) is 14.4. The zero-order chi connectivity index (χ0) is 14.0. The molecule has 0 aliphatic heterocycles. The Kier molecular flexibility index (Phi) is 4.50. The molecule has 0 aliphatic carbocycles. The van der Waals surface area contributed by atoms with E-state index in [1.807, 2.05) is 36.7 Å². The molecule has 5 heteroatoms. The molecule has 0 atom stereocenters. The maximum atomic E-state index is 6.24. The molecular formula is C14H17Cl2N3. The van der Waals surface area contributed by atoms with E-state index in [1.165, 1.54) is 5.56 Å². The van der Waals surface area contributed by atoms with Crippen molar-refractivity contribution in [3.05, 3.63) is 45.2 Å². The van der Waals surface area contributed by atoms with Gasteiger partial charge in [-0.3, -0.25) is 0 Å². The van der Waals surface area contributed by atoms with Crippen LogP contribution in [0.4, 0.5) is 0 Å². The van der Waals surface area contributed by atoms with Gasteiger partial charge >= 0.3 is 0 Å². The Balaban J connectivity index is 2.52. The molecule has 0 radical (unpaired) electrons. The van der Waals surface area contributed by atoms with Crippen molar-refractivity contribution in [1.82, 2.24) is 15.1 Å². The van der Waals surface area contributed by atoms with Gasteiger partial charge in [-0.25, -0.2) is 4.68 Å². The minimum Gasteiger partial charge on any atom is -0.313 e. The van der Waals surface area contributed by atoms with Gasteiger partial charge in [0.1, 0.15) is 5.69 Å². The monoisotopic (exact) mass is 297 g/mol. The van der Waals surface area contributed by atoms with Gasteiger partial charge in [0.25, 0.3) is 0 Å². The molecule has 0 spiro atoms. The lowest BCUT2D eigenvalue weighted by atomic mass is 10.2. The lowest BCUT2D eigenvalue weighted by Crippen LogP contribution is -2.13. The van der Waals surface area contributed by atoms with Crippen molar-refractivity contribution in [3.63, 3.8) is 0 Å². The summed E-state index contributed by atoms with van der Waals surface area (Å²) in [5, 5.41) is 9.09. The normalized spacial score (nSPS) is 11.0. The van der Waals surface area contributed by atoms with Crippen molar-refractivity contribution in [2.75, 3.05) is 6.54 Å². The summed E-state index contributed by atoms with van der Waals surface area (Å²) in [5.41, 5.74) is 4.00. The van der Waals surface area contributed by atoms with Crippen LogP contribution < -0.4 is 5.32 Å². The number of hydrogen-bond donors (Lipinski definition) is 1. The van der Waals surface area contributed by atoms with E-state index in [4.69, 9.17) is 23.2 Å². The molecular weight excluding hydrogens is 281 g/mol. The van der Waals surface area contributed by atoms with Crippen molar-refractivity contribution >= 4 is 23.2 Å². The van der Waals surface area contributed by atoms with Crippen molar-refractivity contribution in [2.24, 2.45) is 0 Å². The van der Waals surface area contributed by atoms with Crippen LogP contribution in [0.15, 0.2) is 18.2 Å². The second-order valence-corrected chi connectivity index (χ2v) is 5.23. The summed E-state index contributed by atoms with van der Waals surface area (Å²) in [6.07, 6.45) is 0. The molecule has 3 nitrogen and oxygen atoms in total. The summed E-state index contributed by atoms with van der Waals surface area (Å²) in [5.74, 6) is 0. The molecule has 0 amide bonds. The molecule has 19 heavy (non-hydrogen) atoms. The highest BCUT2D eigenvalue weighted by molar-refractivity contribution is 6.37. The van der Waals surface area contributed by atoms with Gasteiger partial charge in [0, 0.05) is 17.8 Å². The van der Waals surface area contributed by atoms with Crippen molar-refractivity contribution in [3.8, 4) is 5.69 Å². The highest BCUT2D eigenvalue weighted by atomic mass is 35.5. The Hall–Kier alpha value is -1.03. The standard InChI is InChI=1S/C14H17Cl2N3/c1-4-17-8-11-9(2)18-19(10(11)3)14-12(15)6-5-7-13(14)16/h5-7,17H,4,8H2,1-3H3. The average molecular weight is 298 g/mol.